The molecular weight excluding hydrogens is 198 g/mol. The van der Waals surface area contributed by atoms with Crippen LogP contribution in [0.25, 0.3) is 0 Å². The molecule has 0 bridgehead atoms. The van der Waals surface area contributed by atoms with Crippen LogP contribution in [0, 0.1) is 19.8 Å². The Morgan fingerprint density at radius 2 is 1.88 bits per heavy atom. The van der Waals surface area contributed by atoms with Crippen LogP contribution in [-0.2, 0) is 6.42 Å². The van der Waals surface area contributed by atoms with E-state index in [1.165, 1.54) is 5.56 Å². The maximum Gasteiger partial charge on any atom is 0.251 e. The van der Waals surface area contributed by atoms with Crippen LogP contribution < -0.4 is 5.32 Å². The van der Waals surface area contributed by atoms with E-state index in [0.717, 1.165) is 24.1 Å². The van der Waals surface area contributed by atoms with Crippen molar-refractivity contribution >= 4 is 5.91 Å². The zero-order valence-electron chi connectivity index (χ0n) is 10.2. The fraction of sp³-hybridized carbons (Fsp3) is 0.357. The molecule has 1 N–H and O–H groups in total. The van der Waals surface area contributed by atoms with E-state index in [0.29, 0.717) is 0 Å². The van der Waals surface area contributed by atoms with Crippen molar-refractivity contribution in [2.45, 2.75) is 27.2 Å². The van der Waals surface area contributed by atoms with E-state index >= 15 is 0 Å². The van der Waals surface area contributed by atoms with Crippen molar-refractivity contribution in [2.24, 2.45) is 0 Å². The van der Waals surface area contributed by atoms with Gasteiger partial charge in [-0.05, 0) is 25.0 Å². The normalized spacial score (nSPS) is 11.9. The maximum absolute atomic E-state index is 11.3. The monoisotopic (exact) mass is 217 g/mol. The summed E-state index contributed by atoms with van der Waals surface area (Å²) in [6, 6.07) is 6.05. The second-order valence-corrected chi connectivity index (χ2v) is 3.17. The number of carbonyl (C=O) groups is 1. The summed E-state index contributed by atoms with van der Waals surface area (Å²) in [4.78, 5) is 11.3. The molecule has 1 heterocycles. The van der Waals surface area contributed by atoms with Gasteiger partial charge in [-0.15, -0.1) is 12.8 Å². The molecule has 1 aliphatic rings. The van der Waals surface area contributed by atoms with Crippen LogP contribution in [0.15, 0.2) is 18.2 Å². The van der Waals surface area contributed by atoms with Crippen LogP contribution >= 0.6 is 0 Å². The molecule has 1 aromatic carbocycles. The van der Waals surface area contributed by atoms with Crippen molar-refractivity contribution < 1.29 is 4.79 Å². The lowest BCUT2D eigenvalue weighted by Gasteiger charge is -2.16. The third-order valence-electron chi connectivity index (χ3n) is 2.19. The minimum atomic E-state index is 0.0694. The lowest BCUT2D eigenvalue weighted by molar-refractivity contribution is 0.0946. The first-order valence-corrected chi connectivity index (χ1v) is 5.48. The van der Waals surface area contributed by atoms with Gasteiger partial charge in [0.05, 0.1) is 0 Å². The Labute approximate surface area is 98.1 Å². The Hall–Kier alpha value is -1.75. The zero-order valence-corrected chi connectivity index (χ0v) is 10.2. The van der Waals surface area contributed by atoms with Crippen LogP contribution in [0.5, 0.6) is 0 Å². The maximum atomic E-state index is 11.3. The molecule has 16 heavy (non-hydrogen) atoms. The summed E-state index contributed by atoms with van der Waals surface area (Å²) in [5, 5.41) is 2.83. The zero-order chi connectivity index (χ0) is 12.6. The van der Waals surface area contributed by atoms with Gasteiger partial charge in [-0.1, -0.05) is 31.5 Å². The lowest BCUT2D eigenvalue weighted by Crippen LogP contribution is -2.31. The molecule has 0 fully saturated rings. The molecule has 1 amide bonds. The average Bonchev–Trinajstić information content (AvgIpc) is 2.35. The number of hydrogen-bond acceptors (Lipinski definition) is 1. The van der Waals surface area contributed by atoms with Crippen molar-refractivity contribution in [1.29, 1.82) is 0 Å². The summed E-state index contributed by atoms with van der Waals surface area (Å²) in [7, 11) is 0. The molecule has 0 atom stereocenters. The van der Waals surface area contributed by atoms with Gasteiger partial charge in [0.2, 0.25) is 0 Å². The van der Waals surface area contributed by atoms with Crippen molar-refractivity contribution in [3.63, 3.8) is 0 Å². The fourth-order valence-electron chi connectivity index (χ4n) is 1.53. The molecule has 2 rings (SSSR count). The number of benzene rings is 1. The van der Waals surface area contributed by atoms with Gasteiger partial charge in [0.25, 0.3) is 5.91 Å². The van der Waals surface area contributed by atoms with Crippen LogP contribution in [0.4, 0.5) is 0 Å². The number of hydrogen-bond donors (Lipinski definition) is 1. The van der Waals surface area contributed by atoms with E-state index in [1.807, 2.05) is 32.9 Å². The number of fused-ring (bicyclic) bond motifs is 1. The van der Waals surface area contributed by atoms with Crippen LogP contribution in [0.1, 0.15) is 35.3 Å². The predicted octanol–water partition coefficient (Wildman–Crippen LogP) is 2.56. The number of aryl methyl sites for hydroxylation is 1. The first-order valence-electron chi connectivity index (χ1n) is 5.48. The summed E-state index contributed by atoms with van der Waals surface area (Å²) in [6.07, 6.45) is 8.96. The summed E-state index contributed by atoms with van der Waals surface area (Å²) in [5.74, 6) is 0.0694. The van der Waals surface area contributed by atoms with E-state index in [9.17, 15) is 4.79 Å². The first-order chi connectivity index (χ1) is 7.77. The quantitative estimate of drug-likeness (QED) is 0.665. The third kappa shape index (κ3) is 3.43. The van der Waals surface area contributed by atoms with Gasteiger partial charge in [-0.3, -0.25) is 4.79 Å². The Kier molecular flexibility index (Phi) is 6.71. The SMILES string of the molecule is C#C.CC.Cc1ccc2c(c1)C(=O)NCC2. The number of nitrogens with one attached hydrogen (secondary N) is 1. The highest BCUT2D eigenvalue weighted by Gasteiger charge is 2.15. The molecule has 2 nitrogen and oxygen atoms in total. The standard InChI is InChI=1S/C10H11NO.C2H6.C2H2/c1-7-2-3-8-4-5-11-10(12)9(8)6-7;2*1-2/h2-3,6H,4-5H2,1H3,(H,11,12);1-2H3;1-2H. The second-order valence-electron chi connectivity index (χ2n) is 3.17. The molecule has 0 aliphatic carbocycles. The largest absolute Gasteiger partial charge is 0.352 e. The van der Waals surface area contributed by atoms with E-state index < -0.39 is 0 Å². The van der Waals surface area contributed by atoms with Gasteiger partial charge in [0.15, 0.2) is 0 Å². The molecule has 0 spiro atoms. The highest BCUT2D eigenvalue weighted by atomic mass is 16.1. The summed E-state index contributed by atoms with van der Waals surface area (Å²) < 4.78 is 0. The highest BCUT2D eigenvalue weighted by Crippen LogP contribution is 2.14. The van der Waals surface area contributed by atoms with E-state index in [4.69, 9.17) is 0 Å². The third-order valence-corrected chi connectivity index (χ3v) is 2.19. The number of amides is 1. The van der Waals surface area contributed by atoms with Crippen molar-refractivity contribution in [3.8, 4) is 12.8 Å². The van der Waals surface area contributed by atoms with Gasteiger partial charge in [-0.25, -0.2) is 0 Å². The van der Waals surface area contributed by atoms with Gasteiger partial charge in [0, 0.05) is 12.1 Å². The second kappa shape index (κ2) is 7.53. The van der Waals surface area contributed by atoms with Crippen molar-refractivity contribution in [1.82, 2.24) is 5.32 Å². The molecule has 2 heteroatoms. The molecule has 0 aromatic heterocycles. The topological polar surface area (TPSA) is 29.1 Å². The van der Waals surface area contributed by atoms with E-state index in [-0.39, 0.29) is 5.91 Å². The van der Waals surface area contributed by atoms with Crippen molar-refractivity contribution in [2.75, 3.05) is 6.54 Å². The Balaban J connectivity index is 0.000000509. The van der Waals surface area contributed by atoms with Crippen LogP contribution in [-0.4, -0.2) is 12.5 Å². The Bertz CT molecular complexity index is 366. The van der Waals surface area contributed by atoms with Gasteiger partial charge < -0.3 is 5.32 Å². The minimum Gasteiger partial charge on any atom is -0.352 e. The Morgan fingerprint density at radius 3 is 2.50 bits per heavy atom. The first kappa shape index (κ1) is 14.2. The smallest absolute Gasteiger partial charge is 0.251 e. The van der Waals surface area contributed by atoms with Gasteiger partial charge in [0.1, 0.15) is 0 Å². The lowest BCUT2D eigenvalue weighted by atomic mass is 9.98. The average molecular weight is 217 g/mol. The van der Waals surface area contributed by atoms with Gasteiger partial charge in [-0.2, -0.15) is 0 Å². The molecule has 86 valence electrons. The van der Waals surface area contributed by atoms with Crippen molar-refractivity contribution in [3.05, 3.63) is 34.9 Å². The summed E-state index contributed by atoms with van der Waals surface area (Å²) in [6.45, 7) is 6.77. The fourth-order valence-corrected chi connectivity index (χ4v) is 1.53. The summed E-state index contributed by atoms with van der Waals surface area (Å²) >= 11 is 0. The molecule has 1 aromatic rings. The Morgan fingerprint density at radius 1 is 1.25 bits per heavy atom. The molecule has 0 radical (unpaired) electrons. The highest BCUT2D eigenvalue weighted by molar-refractivity contribution is 5.96. The number of carbonyl (C=O) groups excluding carboxylic acids is 1. The van der Waals surface area contributed by atoms with E-state index in [1.54, 1.807) is 0 Å². The number of terminal acetylenes is 1. The molecule has 0 saturated carbocycles. The molecule has 0 saturated heterocycles. The molecular formula is C14H19NO. The van der Waals surface area contributed by atoms with Crippen LogP contribution in [0.2, 0.25) is 0 Å². The summed E-state index contributed by atoms with van der Waals surface area (Å²) in [5.41, 5.74) is 3.16. The van der Waals surface area contributed by atoms with Gasteiger partial charge >= 0.3 is 0 Å². The van der Waals surface area contributed by atoms with Crippen LogP contribution in [0.3, 0.4) is 0 Å². The van der Waals surface area contributed by atoms with E-state index in [2.05, 4.69) is 24.2 Å². The minimum absolute atomic E-state index is 0.0694. The number of rotatable bonds is 0. The predicted molar refractivity (Wildman–Crippen MR) is 68.5 cm³/mol. The molecule has 0 unspecified atom stereocenters. The molecule has 1 aliphatic heterocycles.